The monoisotopic (exact) mass is 479 g/mol. The Morgan fingerprint density at radius 1 is 1.00 bits per heavy atom. The lowest BCUT2D eigenvalue weighted by Gasteiger charge is -2.29. The molecule has 0 spiro atoms. The quantitative estimate of drug-likeness (QED) is 0.576. The summed E-state index contributed by atoms with van der Waals surface area (Å²) in [6, 6.07) is 12.5. The van der Waals surface area contributed by atoms with Crippen molar-refractivity contribution >= 4 is 17.7 Å². The summed E-state index contributed by atoms with van der Waals surface area (Å²) in [4.78, 5) is 40.6. The molecule has 184 valence electrons. The Morgan fingerprint density at radius 3 is 2.57 bits per heavy atom. The van der Waals surface area contributed by atoms with Gasteiger partial charge in [-0.1, -0.05) is 18.2 Å². The van der Waals surface area contributed by atoms with Gasteiger partial charge in [0.1, 0.15) is 30.8 Å². The standard InChI is InChI=1S/C26H29N3O6/c30-24-9-8-22(25(31)27-24)29-16-21-20(26(29)32)2-1-3-23(21)35-17-18-4-6-19(7-5-18)34-15-12-28-10-13-33-14-11-28/h1-7,22H,8-17H2,(H,27,30,31). The first-order chi connectivity index (χ1) is 17.1. The van der Waals surface area contributed by atoms with Gasteiger partial charge in [-0.2, -0.15) is 0 Å². The number of nitrogens with one attached hydrogen (secondary N) is 1. The summed E-state index contributed by atoms with van der Waals surface area (Å²) in [6.45, 7) is 5.58. The van der Waals surface area contributed by atoms with Crippen LogP contribution in [0, 0.1) is 0 Å². The van der Waals surface area contributed by atoms with Crippen LogP contribution in [0.4, 0.5) is 0 Å². The summed E-state index contributed by atoms with van der Waals surface area (Å²) in [5.41, 5.74) is 2.29. The number of nitrogens with zero attached hydrogens (tertiary/aromatic N) is 2. The number of ether oxygens (including phenoxy) is 3. The number of rotatable bonds is 8. The lowest BCUT2D eigenvalue weighted by atomic mass is 10.0. The summed E-state index contributed by atoms with van der Waals surface area (Å²) in [5, 5.41) is 2.33. The van der Waals surface area contributed by atoms with Crippen molar-refractivity contribution in [2.75, 3.05) is 39.5 Å². The molecule has 0 radical (unpaired) electrons. The van der Waals surface area contributed by atoms with E-state index in [2.05, 4.69) is 10.2 Å². The molecule has 0 bridgehead atoms. The molecule has 2 aromatic rings. The number of hydrogen-bond donors (Lipinski definition) is 1. The fraction of sp³-hybridized carbons (Fsp3) is 0.423. The van der Waals surface area contributed by atoms with Crippen LogP contribution in [0.5, 0.6) is 11.5 Å². The van der Waals surface area contributed by atoms with Crippen molar-refractivity contribution in [2.24, 2.45) is 0 Å². The Balaban J connectivity index is 1.16. The van der Waals surface area contributed by atoms with Crippen LogP contribution in [0.3, 0.4) is 0 Å². The highest BCUT2D eigenvalue weighted by atomic mass is 16.5. The molecule has 35 heavy (non-hydrogen) atoms. The van der Waals surface area contributed by atoms with Crippen molar-refractivity contribution < 1.29 is 28.6 Å². The van der Waals surface area contributed by atoms with Gasteiger partial charge >= 0.3 is 0 Å². The molecule has 2 saturated heterocycles. The first kappa shape index (κ1) is 23.3. The van der Waals surface area contributed by atoms with Crippen LogP contribution in [-0.2, 0) is 27.5 Å². The normalized spacial score (nSPS) is 20.5. The average molecular weight is 480 g/mol. The zero-order valence-electron chi connectivity index (χ0n) is 19.5. The SMILES string of the molecule is O=C1CCC(N2Cc3c(OCc4ccc(OCCN5CCOCC5)cc4)cccc3C2=O)C(=O)N1. The third-order valence-electron chi connectivity index (χ3n) is 6.64. The van der Waals surface area contributed by atoms with Crippen molar-refractivity contribution in [3.05, 3.63) is 59.2 Å². The van der Waals surface area contributed by atoms with Crippen molar-refractivity contribution in [2.45, 2.75) is 32.0 Å². The second-order valence-electron chi connectivity index (χ2n) is 8.92. The average Bonchev–Trinajstić information content (AvgIpc) is 3.21. The number of amides is 3. The number of hydrogen-bond acceptors (Lipinski definition) is 7. The van der Waals surface area contributed by atoms with Gasteiger partial charge in [-0.05, 0) is 36.2 Å². The van der Waals surface area contributed by atoms with Gasteiger partial charge in [0.2, 0.25) is 11.8 Å². The smallest absolute Gasteiger partial charge is 0.255 e. The zero-order valence-corrected chi connectivity index (χ0v) is 19.5. The van der Waals surface area contributed by atoms with E-state index in [0.29, 0.717) is 30.9 Å². The molecule has 3 heterocycles. The Hall–Kier alpha value is -3.43. The number of imide groups is 1. The molecule has 0 saturated carbocycles. The summed E-state index contributed by atoms with van der Waals surface area (Å²) in [7, 11) is 0. The van der Waals surface area contributed by atoms with Crippen LogP contribution in [-0.4, -0.2) is 73.0 Å². The van der Waals surface area contributed by atoms with E-state index in [-0.39, 0.29) is 24.8 Å². The van der Waals surface area contributed by atoms with Crippen LogP contribution < -0.4 is 14.8 Å². The fourth-order valence-electron chi connectivity index (χ4n) is 4.65. The maximum atomic E-state index is 13.0. The minimum Gasteiger partial charge on any atom is -0.492 e. The predicted molar refractivity (Wildman–Crippen MR) is 126 cm³/mol. The van der Waals surface area contributed by atoms with E-state index >= 15 is 0 Å². The van der Waals surface area contributed by atoms with Crippen molar-refractivity contribution in [3.63, 3.8) is 0 Å². The van der Waals surface area contributed by atoms with Crippen molar-refractivity contribution in [1.82, 2.24) is 15.1 Å². The maximum Gasteiger partial charge on any atom is 0.255 e. The second-order valence-corrected chi connectivity index (χ2v) is 8.92. The molecular formula is C26H29N3O6. The molecule has 0 aromatic heterocycles. The summed E-state index contributed by atoms with van der Waals surface area (Å²) < 4.78 is 17.3. The Bertz CT molecular complexity index is 1100. The molecule has 1 atom stereocenters. The van der Waals surface area contributed by atoms with Gasteiger partial charge in [0, 0.05) is 37.2 Å². The van der Waals surface area contributed by atoms with Crippen molar-refractivity contribution in [3.8, 4) is 11.5 Å². The molecule has 9 heteroatoms. The van der Waals surface area contributed by atoms with Crippen LogP contribution in [0.1, 0.15) is 34.3 Å². The minimum absolute atomic E-state index is 0.210. The largest absolute Gasteiger partial charge is 0.492 e. The summed E-state index contributed by atoms with van der Waals surface area (Å²) in [6.07, 6.45) is 0.564. The molecule has 1 N–H and O–H groups in total. The lowest BCUT2D eigenvalue weighted by molar-refractivity contribution is -0.136. The van der Waals surface area contributed by atoms with Gasteiger partial charge in [0.05, 0.1) is 19.8 Å². The highest BCUT2D eigenvalue weighted by Crippen LogP contribution is 2.34. The summed E-state index contributed by atoms with van der Waals surface area (Å²) >= 11 is 0. The number of benzene rings is 2. The number of morpholine rings is 1. The maximum absolute atomic E-state index is 13.0. The fourth-order valence-corrected chi connectivity index (χ4v) is 4.65. The number of fused-ring (bicyclic) bond motifs is 1. The predicted octanol–water partition coefficient (Wildman–Crippen LogP) is 1.74. The Morgan fingerprint density at radius 2 is 1.80 bits per heavy atom. The van der Waals surface area contributed by atoms with Crippen LogP contribution in [0.15, 0.2) is 42.5 Å². The molecule has 3 amide bonds. The first-order valence-corrected chi connectivity index (χ1v) is 12.0. The van der Waals surface area contributed by atoms with Crippen LogP contribution >= 0.6 is 0 Å². The molecule has 3 aliphatic heterocycles. The van der Waals surface area contributed by atoms with E-state index in [4.69, 9.17) is 14.2 Å². The topological polar surface area (TPSA) is 97.4 Å². The van der Waals surface area contributed by atoms with Gasteiger partial charge in [-0.25, -0.2) is 0 Å². The third kappa shape index (κ3) is 5.31. The molecule has 9 nitrogen and oxygen atoms in total. The van der Waals surface area contributed by atoms with Gasteiger partial charge < -0.3 is 19.1 Å². The first-order valence-electron chi connectivity index (χ1n) is 12.0. The Labute approximate surface area is 203 Å². The van der Waals surface area contributed by atoms with Crippen LogP contribution in [0.25, 0.3) is 0 Å². The van der Waals surface area contributed by atoms with E-state index in [1.54, 1.807) is 12.1 Å². The zero-order chi connectivity index (χ0) is 24.2. The van der Waals surface area contributed by atoms with Crippen LogP contribution in [0.2, 0.25) is 0 Å². The van der Waals surface area contributed by atoms with Gasteiger partial charge in [0.15, 0.2) is 0 Å². The lowest BCUT2D eigenvalue weighted by Crippen LogP contribution is -2.52. The number of carbonyl (C=O) groups excluding carboxylic acids is 3. The van der Waals surface area contributed by atoms with Gasteiger partial charge in [0.25, 0.3) is 5.91 Å². The molecule has 2 fully saturated rings. The van der Waals surface area contributed by atoms with Gasteiger partial charge in [-0.15, -0.1) is 0 Å². The number of piperidine rings is 1. The van der Waals surface area contributed by atoms with E-state index in [1.807, 2.05) is 30.3 Å². The van der Waals surface area contributed by atoms with Crippen molar-refractivity contribution in [1.29, 1.82) is 0 Å². The van der Waals surface area contributed by atoms with E-state index in [1.165, 1.54) is 4.90 Å². The molecule has 5 rings (SSSR count). The molecule has 3 aliphatic rings. The minimum atomic E-state index is -0.642. The number of carbonyl (C=O) groups is 3. The molecular weight excluding hydrogens is 450 g/mol. The summed E-state index contributed by atoms with van der Waals surface area (Å²) in [5.74, 6) is 0.508. The molecule has 2 aromatic carbocycles. The third-order valence-corrected chi connectivity index (χ3v) is 6.64. The Kier molecular flexibility index (Phi) is 6.96. The highest BCUT2D eigenvalue weighted by molar-refractivity contribution is 6.05. The van der Waals surface area contributed by atoms with E-state index in [9.17, 15) is 14.4 Å². The second kappa shape index (κ2) is 10.5. The van der Waals surface area contributed by atoms with Gasteiger partial charge in [-0.3, -0.25) is 24.6 Å². The molecule has 1 unspecified atom stereocenters. The van der Waals surface area contributed by atoms with E-state index < -0.39 is 11.9 Å². The molecule has 0 aliphatic carbocycles. The van der Waals surface area contributed by atoms with E-state index in [0.717, 1.165) is 49.7 Å². The highest BCUT2D eigenvalue weighted by Gasteiger charge is 2.40.